The third-order valence-corrected chi connectivity index (χ3v) is 5.01. The summed E-state index contributed by atoms with van der Waals surface area (Å²) in [6.07, 6.45) is 0.558. The molecule has 4 rings (SSSR count). The number of imide groups is 1. The highest BCUT2D eigenvalue weighted by molar-refractivity contribution is 6.21. The summed E-state index contributed by atoms with van der Waals surface area (Å²) in [4.78, 5) is 38.3. The molecule has 0 unspecified atom stereocenters. The van der Waals surface area contributed by atoms with Crippen molar-refractivity contribution in [1.82, 2.24) is 25.1 Å². The van der Waals surface area contributed by atoms with Crippen molar-refractivity contribution in [2.75, 3.05) is 11.9 Å². The number of nitrogens with zero attached hydrogens (tertiary/aromatic N) is 5. The predicted molar refractivity (Wildman–Crippen MR) is 108 cm³/mol. The number of aromatic nitrogens is 4. The molecular weight excluding hydrogens is 384 g/mol. The summed E-state index contributed by atoms with van der Waals surface area (Å²) >= 11 is 0. The summed E-state index contributed by atoms with van der Waals surface area (Å²) in [6, 6.07) is 12.2. The SMILES string of the molecule is Cc1ccc(NC(=O)CCCN2C(=O)c3ccccc3C2=O)cc1-n1nnnc1C. The van der Waals surface area contributed by atoms with Crippen LogP contribution < -0.4 is 5.32 Å². The van der Waals surface area contributed by atoms with Gasteiger partial charge in [0.1, 0.15) is 0 Å². The Bertz CT molecular complexity index is 1120. The number of anilines is 1. The smallest absolute Gasteiger partial charge is 0.261 e. The number of carbonyl (C=O) groups excluding carboxylic acids is 3. The Morgan fingerprint density at radius 2 is 1.73 bits per heavy atom. The van der Waals surface area contributed by atoms with E-state index in [9.17, 15) is 14.4 Å². The number of hydrogen-bond donors (Lipinski definition) is 1. The van der Waals surface area contributed by atoms with Gasteiger partial charge in [-0.15, -0.1) is 5.10 Å². The molecule has 3 amide bonds. The first-order valence-electron chi connectivity index (χ1n) is 9.57. The van der Waals surface area contributed by atoms with Gasteiger partial charge in [0, 0.05) is 18.7 Å². The molecule has 0 radical (unpaired) electrons. The molecule has 30 heavy (non-hydrogen) atoms. The lowest BCUT2D eigenvalue weighted by atomic mass is 10.1. The van der Waals surface area contributed by atoms with Crippen molar-refractivity contribution >= 4 is 23.4 Å². The summed E-state index contributed by atoms with van der Waals surface area (Å²) in [5.74, 6) is -0.177. The number of carbonyl (C=O) groups is 3. The fourth-order valence-electron chi connectivity index (χ4n) is 3.43. The summed E-state index contributed by atoms with van der Waals surface area (Å²) in [7, 11) is 0. The third-order valence-electron chi connectivity index (χ3n) is 5.01. The third kappa shape index (κ3) is 3.57. The molecule has 0 aliphatic carbocycles. The van der Waals surface area contributed by atoms with Crippen LogP contribution in [0.2, 0.25) is 0 Å². The minimum absolute atomic E-state index is 0.181. The minimum Gasteiger partial charge on any atom is -0.326 e. The lowest BCUT2D eigenvalue weighted by Gasteiger charge is -2.14. The summed E-state index contributed by atoms with van der Waals surface area (Å²) in [6.45, 7) is 3.93. The Morgan fingerprint density at radius 3 is 2.37 bits per heavy atom. The molecule has 1 aliphatic heterocycles. The van der Waals surface area contributed by atoms with E-state index in [1.807, 2.05) is 13.0 Å². The van der Waals surface area contributed by atoms with Crippen LogP contribution in [-0.2, 0) is 4.79 Å². The van der Waals surface area contributed by atoms with Gasteiger partial charge in [-0.2, -0.15) is 4.68 Å². The molecule has 0 saturated heterocycles. The van der Waals surface area contributed by atoms with Crippen LogP contribution in [0.15, 0.2) is 42.5 Å². The maximum absolute atomic E-state index is 12.4. The Labute approximate surface area is 172 Å². The maximum atomic E-state index is 12.4. The van der Waals surface area contributed by atoms with Crippen LogP contribution in [-0.4, -0.2) is 49.4 Å². The van der Waals surface area contributed by atoms with Crippen molar-refractivity contribution in [3.05, 3.63) is 65.0 Å². The van der Waals surface area contributed by atoms with Gasteiger partial charge in [0.05, 0.1) is 16.8 Å². The first-order chi connectivity index (χ1) is 14.5. The van der Waals surface area contributed by atoms with Crippen LogP contribution in [0.4, 0.5) is 5.69 Å². The van der Waals surface area contributed by atoms with Crippen molar-refractivity contribution in [1.29, 1.82) is 0 Å². The molecule has 1 aromatic heterocycles. The van der Waals surface area contributed by atoms with E-state index in [0.717, 1.165) is 11.3 Å². The zero-order valence-corrected chi connectivity index (χ0v) is 16.6. The molecule has 152 valence electrons. The highest BCUT2D eigenvalue weighted by Gasteiger charge is 2.34. The van der Waals surface area contributed by atoms with Crippen LogP contribution in [0.25, 0.3) is 5.69 Å². The van der Waals surface area contributed by atoms with E-state index in [1.54, 1.807) is 48.0 Å². The molecule has 2 heterocycles. The molecule has 0 bridgehead atoms. The minimum atomic E-state index is -0.309. The molecule has 9 heteroatoms. The van der Waals surface area contributed by atoms with Gasteiger partial charge in [-0.05, 0) is 60.5 Å². The maximum Gasteiger partial charge on any atom is 0.261 e. The Balaban J connectivity index is 1.36. The second-order valence-electron chi connectivity index (χ2n) is 7.10. The van der Waals surface area contributed by atoms with Crippen molar-refractivity contribution < 1.29 is 14.4 Å². The highest BCUT2D eigenvalue weighted by Crippen LogP contribution is 2.23. The lowest BCUT2D eigenvalue weighted by molar-refractivity contribution is -0.116. The summed E-state index contributed by atoms with van der Waals surface area (Å²) in [5, 5.41) is 14.3. The molecule has 0 saturated carbocycles. The van der Waals surface area contributed by atoms with Crippen LogP contribution in [0.3, 0.4) is 0 Å². The number of aryl methyl sites for hydroxylation is 2. The fraction of sp³-hybridized carbons (Fsp3) is 0.238. The zero-order valence-electron chi connectivity index (χ0n) is 16.6. The standard InChI is InChI=1S/C21H20N6O3/c1-13-9-10-15(12-18(13)27-14(2)23-24-25-27)22-19(28)8-5-11-26-20(29)16-6-3-4-7-17(16)21(26)30/h3-4,6-7,9-10,12H,5,8,11H2,1-2H3,(H,22,28). The zero-order chi connectivity index (χ0) is 21.3. The van der Waals surface area contributed by atoms with Gasteiger partial charge in [-0.3, -0.25) is 19.3 Å². The number of amides is 3. The molecule has 2 aromatic carbocycles. The van der Waals surface area contributed by atoms with E-state index < -0.39 is 0 Å². The second kappa shape index (κ2) is 7.86. The van der Waals surface area contributed by atoms with Gasteiger partial charge < -0.3 is 5.32 Å². The van der Waals surface area contributed by atoms with E-state index in [-0.39, 0.29) is 30.7 Å². The van der Waals surface area contributed by atoms with Crippen molar-refractivity contribution in [2.24, 2.45) is 0 Å². The average molecular weight is 404 g/mol. The second-order valence-corrected chi connectivity index (χ2v) is 7.10. The van der Waals surface area contributed by atoms with Gasteiger partial charge in [-0.1, -0.05) is 18.2 Å². The number of fused-ring (bicyclic) bond motifs is 1. The van der Waals surface area contributed by atoms with E-state index in [4.69, 9.17) is 0 Å². The largest absolute Gasteiger partial charge is 0.326 e. The molecule has 1 N–H and O–H groups in total. The quantitative estimate of drug-likeness (QED) is 0.631. The van der Waals surface area contributed by atoms with Crippen molar-refractivity contribution in [2.45, 2.75) is 26.7 Å². The van der Waals surface area contributed by atoms with Crippen LogP contribution in [0.5, 0.6) is 0 Å². The van der Waals surface area contributed by atoms with Crippen LogP contribution in [0.1, 0.15) is 44.9 Å². The van der Waals surface area contributed by atoms with E-state index in [1.165, 1.54) is 4.90 Å². The van der Waals surface area contributed by atoms with E-state index in [2.05, 4.69) is 20.8 Å². The topological polar surface area (TPSA) is 110 Å². The molecule has 0 spiro atoms. The van der Waals surface area contributed by atoms with Crippen molar-refractivity contribution in [3.63, 3.8) is 0 Å². The fourth-order valence-corrected chi connectivity index (χ4v) is 3.43. The van der Waals surface area contributed by atoms with E-state index in [0.29, 0.717) is 29.1 Å². The van der Waals surface area contributed by atoms with Gasteiger partial charge in [0.15, 0.2) is 5.82 Å². The highest BCUT2D eigenvalue weighted by atomic mass is 16.2. The molecular formula is C21H20N6O3. The Morgan fingerprint density at radius 1 is 1.03 bits per heavy atom. The number of benzene rings is 2. The molecule has 9 nitrogen and oxygen atoms in total. The molecule has 3 aromatic rings. The number of nitrogens with one attached hydrogen (secondary N) is 1. The van der Waals surface area contributed by atoms with Crippen molar-refractivity contribution in [3.8, 4) is 5.69 Å². The van der Waals surface area contributed by atoms with Gasteiger partial charge in [-0.25, -0.2) is 0 Å². The molecule has 1 aliphatic rings. The Kier molecular flexibility index (Phi) is 5.09. The predicted octanol–water partition coefficient (Wildman–Crippen LogP) is 2.29. The first kappa shape index (κ1) is 19.4. The Hall–Kier alpha value is -3.88. The molecule has 0 fully saturated rings. The van der Waals surface area contributed by atoms with Gasteiger partial charge in [0.2, 0.25) is 5.91 Å². The van der Waals surface area contributed by atoms with Crippen LogP contribution in [0, 0.1) is 13.8 Å². The summed E-state index contributed by atoms with van der Waals surface area (Å²) < 4.78 is 1.60. The first-order valence-corrected chi connectivity index (χ1v) is 9.57. The number of rotatable bonds is 6. The monoisotopic (exact) mass is 404 g/mol. The number of tetrazole rings is 1. The normalized spacial score (nSPS) is 12.9. The average Bonchev–Trinajstić information content (AvgIpc) is 3.26. The summed E-state index contributed by atoms with van der Waals surface area (Å²) in [5.41, 5.74) is 3.20. The molecule has 0 atom stereocenters. The lowest BCUT2D eigenvalue weighted by Crippen LogP contribution is -2.31. The van der Waals surface area contributed by atoms with Gasteiger partial charge >= 0.3 is 0 Å². The van der Waals surface area contributed by atoms with Gasteiger partial charge in [0.25, 0.3) is 11.8 Å². The number of hydrogen-bond acceptors (Lipinski definition) is 6. The van der Waals surface area contributed by atoms with E-state index >= 15 is 0 Å². The van der Waals surface area contributed by atoms with Crippen LogP contribution >= 0.6 is 0 Å².